The Labute approximate surface area is 209 Å². The fourth-order valence-electron chi connectivity index (χ4n) is 4.34. The minimum Gasteiger partial charge on any atom is -0.251 e. The van der Waals surface area contributed by atoms with Crippen molar-refractivity contribution in [2.45, 2.75) is 71.6 Å². The van der Waals surface area contributed by atoms with E-state index in [4.69, 9.17) is 19.9 Å². The van der Waals surface area contributed by atoms with E-state index in [-0.39, 0.29) is 0 Å². The Bertz CT molecular complexity index is 1180. The molecule has 0 amide bonds. The highest BCUT2D eigenvalue weighted by molar-refractivity contribution is 5.55. The number of rotatable bonds is 8. The SMILES string of the molecule is CC(C)c1cccc(-c2cccc(C(C)CC(C)c3cccc(-c4cccc(C(C)C)n4)n3)n2)n1. The third kappa shape index (κ3) is 6.00. The van der Waals surface area contributed by atoms with Crippen LogP contribution in [-0.4, -0.2) is 19.9 Å². The molecule has 0 radical (unpaired) electrons. The summed E-state index contributed by atoms with van der Waals surface area (Å²) in [6.45, 7) is 13.2. The highest BCUT2D eigenvalue weighted by Gasteiger charge is 2.17. The molecule has 0 fully saturated rings. The van der Waals surface area contributed by atoms with Gasteiger partial charge in [-0.3, -0.25) is 19.9 Å². The van der Waals surface area contributed by atoms with Crippen molar-refractivity contribution in [3.63, 3.8) is 0 Å². The predicted octanol–water partition coefficient (Wildman–Crippen LogP) is 8.14. The molecule has 0 N–H and O–H groups in total. The molecule has 4 aromatic heterocycles. The molecule has 4 nitrogen and oxygen atoms in total. The van der Waals surface area contributed by atoms with Gasteiger partial charge in [0.25, 0.3) is 0 Å². The van der Waals surface area contributed by atoms with Crippen molar-refractivity contribution in [3.8, 4) is 22.8 Å². The smallest absolute Gasteiger partial charge is 0.0889 e. The molecule has 35 heavy (non-hydrogen) atoms. The Morgan fingerprint density at radius 2 is 0.714 bits per heavy atom. The second kappa shape index (κ2) is 10.9. The Morgan fingerprint density at radius 3 is 1.03 bits per heavy atom. The molecule has 0 aliphatic carbocycles. The van der Waals surface area contributed by atoms with Gasteiger partial charge >= 0.3 is 0 Å². The molecule has 4 heteroatoms. The van der Waals surface area contributed by atoms with Crippen LogP contribution >= 0.6 is 0 Å². The van der Waals surface area contributed by atoms with Crippen LogP contribution in [0.15, 0.2) is 72.8 Å². The molecule has 0 aliphatic heterocycles. The van der Waals surface area contributed by atoms with Crippen LogP contribution in [0.2, 0.25) is 0 Å². The van der Waals surface area contributed by atoms with Crippen molar-refractivity contribution < 1.29 is 0 Å². The van der Waals surface area contributed by atoms with E-state index in [2.05, 4.69) is 102 Å². The monoisotopic (exact) mass is 464 g/mol. The highest BCUT2D eigenvalue weighted by Crippen LogP contribution is 2.30. The predicted molar refractivity (Wildman–Crippen MR) is 145 cm³/mol. The first kappa shape index (κ1) is 24.7. The zero-order chi connectivity index (χ0) is 24.9. The summed E-state index contributed by atoms with van der Waals surface area (Å²) >= 11 is 0. The van der Waals surface area contributed by atoms with E-state index in [0.29, 0.717) is 23.7 Å². The van der Waals surface area contributed by atoms with Gasteiger partial charge in [0, 0.05) is 22.8 Å². The van der Waals surface area contributed by atoms with E-state index < -0.39 is 0 Å². The largest absolute Gasteiger partial charge is 0.251 e. The fourth-order valence-corrected chi connectivity index (χ4v) is 4.34. The zero-order valence-electron chi connectivity index (χ0n) is 21.7. The molecule has 4 aromatic rings. The minimum absolute atomic E-state index is 0.297. The summed E-state index contributed by atoms with van der Waals surface area (Å²) in [4.78, 5) is 19.6. The summed E-state index contributed by atoms with van der Waals surface area (Å²) < 4.78 is 0. The first-order chi connectivity index (χ1) is 16.8. The van der Waals surface area contributed by atoms with E-state index in [0.717, 1.165) is 52.0 Å². The van der Waals surface area contributed by atoms with Crippen LogP contribution in [0.3, 0.4) is 0 Å². The third-order valence-electron chi connectivity index (χ3n) is 6.51. The maximum Gasteiger partial charge on any atom is 0.0889 e. The van der Waals surface area contributed by atoms with Gasteiger partial charge in [-0.15, -0.1) is 0 Å². The Kier molecular flexibility index (Phi) is 7.70. The van der Waals surface area contributed by atoms with Crippen molar-refractivity contribution in [2.24, 2.45) is 0 Å². The molecule has 2 atom stereocenters. The van der Waals surface area contributed by atoms with E-state index in [1.54, 1.807) is 0 Å². The summed E-state index contributed by atoms with van der Waals surface area (Å²) in [6, 6.07) is 24.9. The van der Waals surface area contributed by atoms with Crippen LogP contribution < -0.4 is 0 Å². The van der Waals surface area contributed by atoms with Crippen LogP contribution in [0.4, 0.5) is 0 Å². The first-order valence-electron chi connectivity index (χ1n) is 12.7. The second-order valence-corrected chi connectivity index (χ2v) is 10.1. The van der Waals surface area contributed by atoms with Crippen molar-refractivity contribution in [3.05, 3.63) is 95.6 Å². The third-order valence-corrected chi connectivity index (χ3v) is 6.51. The average molecular weight is 465 g/mol. The molecule has 0 bridgehead atoms. The van der Waals surface area contributed by atoms with Gasteiger partial charge in [0.05, 0.1) is 22.8 Å². The number of hydrogen-bond acceptors (Lipinski definition) is 4. The Balaban J connectivity index is 1.52. The number of nitrogens with zero attached hydrogens (tertiary/aromatic N) is 4. The van der Waals surface area contributed by atoms with Gasteiger partial charge in [0.15, 0.2) is 0 Å². The number of hydrogen-bond donors (Lipinski definition) is 0. The number of aromatic nitrogens is 4. The summed E-state index contributed by atoms with van der Waals surface area (Å²) in [5.41, 5.74) is 8.10. The lowest BCUT2D eigenvalue weighted by Crippen LogP contribution is -2.06. The van der Waals surface area contributed by atoms with Crippen LogP contribution in [-0.2, 0) is 0 Å². The Morgan fingerprint density at radius 1 is 0.429 bits per heavy atom. The van der Waals surface area contributed by atoms with Gasteiger partial charge in [-0.1, -0.05) is 65.8 Å². The second-order valence-electron chi connectivity index (χ2n) is 10.1. The normalized spacial score (nSPS) is 13.3. The molecule has 0 spiro atoms. The van der Waals surface area contributed by atoms with E-state index in [9.17, 15) is 0 Å². The van der Waals surface area contributed by atoms with Crippen molar-refractivity contribution in [1.29, 1.82) is 0 Å². The minimum atomic E-state index is 0.297. The van der Waals surface area contributed by atoms with E-state index in [1.165, 1.54) is 0 Å². The lowest BCUT2D eigenvalue weighted by atomic mass is 9.91. The zero-order valence-corrected chi connectivity index (χ0v) is 21.7. The molecule has 0 saturated heterocycles. The topological polar surface area (TPSA) is 51.6 Å². The van der Waals surface area contributed by atoms with Crippen LogP contribution in [0, 0.1) is 0 Å². The maximum atomic E-state index is 4.99. The molecule has 0 aliphatic rings. The van der Waals surface area contributed by atoms with Crippen molar-refractivity contribution in [2.75, 3.05) is 0 Å². The Hall–Kier alpha value is -3.40. The van der Waals surface area contributed by atoms with Gasteiger partial charge in [-0.25, -0.2) is 0 Å². The standard InChI is InChI=1S/C31H36N4/c1-20(2)24-11-7-15-28(32-24)30-17-9-13-26(34-30)22(5)19-23(6)27-14-10-18-31(35-27)29-16-8-12-25(33-29)21(3)4/h7-18,20-23H,19H2,1-6H3. The molecular formula is C31H36N4. The first-order valence-corrected chi connectivity index (χ1v) is 12.7. The molecule has 2 unspecified atom stereocenters. The quantitative estimate of drug-likeness (QED) is 0.264. The lowest BCUT2D eigenvalue weighted by molar-refractivity contribution is 0.572. The lowest BCUT2D eigenvalue weighted by Gasteiger charge is -2.18. The van der Waals surface area contributed by atoms with Gasteiger partial charge < -0.3 is 0 Å². The van der Waals surface area contributed by atoms with Crippen molar-refractivity contribution in [1.82, 2.24) is 19.9 Å². The molecular weight excluding hydrogens is 428 g/mol. The van der Waals surface area contributed by atoms with Gasteiger partial charge in [0.2, 0.25) is 0 Å². The van der Waals surface area contributed by atoms with Crippen LogP contribution in [0.5, 0.6) is 0 Å². The fraction of sp³-hybridized carbons (Fsp3) is 0.355. The number of pyridine rings is 4. The highest BCUT2D eigenvalue weighted by atomic mass is 14.8. The molecule has 0 aromatic carbocycles. The summed E-state index contributed by atoms with van der Waals surface area (Å²) in [5.74, 6) is 1.38. The van der Waals surface area contributed by atoms with Gasteiger partial charge in [0.1, 0.15) is 0 Å². The van der Waals surface area contributed by atoms with Gasteiger partial charge in [-0.05, 0) is 78.6 Å². The molecule has 4 heterocycles. The maximum absolute atomic E-state index is 4.99. The average Bonchev–Trinajstić information content (AvgIpc) is 2.89. The molecule has 0 saturated carbocycles. The molecule has 180 valence electrons. The summed E-state index contributed by atoms with van der Waals surface area (Å²) in [7, 11) is 0. The van der Waals surface area contributed by atoms with E-state index in [1.807, 2.05) is 12.1 Å². The van der Waals surface area contributed by atoms with E-state index >= 15 is 0 Å². The molecule has 4 rings (SSSR count). The summed E-state index contributed by atoms with van der Waals surface area (Å²) in [6.07, 6.45) is 0.964. The van der Waals surface area contributed by atoms with Crippen LogP contribution in [0.1, 0.15) is 94.4 Å². The van der Waals surface area contributed by atoms with Gasteiger partial charge in [-0.2, -0.15) is 0 Å². The van der Waals surface area contributed by atoms with Crippen LogP contribution in [0.25, 0.3) is 22.8 Å². The summed E-state index contributed by atoms with van der Waals surface area (Å²) in [5, 5.41) is 0. The van der Waals surface area contributed by atoms with Crippen molar-refractivity contribution >= 4 is 0 Å².